The fraction of sp³-hybridized carbons (Fsp3) is 0.208. The standard InChI is InChI=1S/C24H20N4O6S/c29-20-9-18(23(31)32)28(27-20)22(30)19-10-25-21(35-19)11-26-24(33)34-12-17-15-7-3-1-5-13(15)14-6-2-4-8-16(14)17/h1-8,10,17-18H,9,11-12H2,(H,26,33)(H,27,29)(H,31,32). The number of fused-ring (bicyclic) bond motifs is 3. The largest absolute Gasteiger partial charge is 0.480 e. The van der Waals surface area contributed by atoms with Crippen LogP contribution in [0.25, 0.3) is 11.1 Å². The van der Waals surface area contributed by atoms with Gasteiger partial charge in [0.2, 0.25) is 5.91 Å². The summed E-state index contributed by atoms with van der Waals surface area (Å²) in [7, 11) is 0. The van der Waals surface area contributed by atoms with Crippen LogP contribution in [0.5, 0.6) is 0 Å². The van der Waals surface area contributed by atoms with E-state index in [0.717, 1.165) is 38.6 Å². The van der Waals surface area contributed by atoms with Crippen LogP contribution in [0, 0.1) is 0 Å². The van der Waals surface area contributed by atoms with Crippen molar-refractivity contribution in [3.05, 3.63) is 75.7 Å². The highest BCUT2D eigenvalue weighted by molar-refractivity contribution is 7.13. The third kappa shape index (κ3) is 4.33. The quantitative estimate of drug-likeness (QED) is 0.481. The van der Waals surface area contributed by atoms with Crippen LogP contribution in [0.3, 0.4) is 0 Å². The van der Waals surface area contributed by atoms with Gasteiger partial charge in [0.15, 0.2) is 6.04 Å². The maximum absolute atomic E-state index is 12.6. The highest BCUT2D eigenvalue weighted by atomic mass is 32.1. The lowest BCUT2D eigenvalue weighted by molar-refractivity contribution is -0.142. The molecule has 3 aromatic rings. The summed E-state index contributed by atoms with van der Waals surface area (Å²) in [4.78, 5) is 52.1. The van der Waals surface area contributed by atoms with Gasteiger partial charge in [0, 0.05) is 5.92 Å². The van der Waals surface area contributed by atoms with Crippen molar-refractivity contribution in [3.8, 4) is 11.1 Å². The number of carbonyl (C=O) groups excluding carboxylic acids is 3. The number of benzene rings is 2. The highest BCUT2D eigenvalue weighted by Gasteiger charge is 2.40. The number of aromatic nitrogens is 1. The number of ether oxygens (including phenoxy) is 1. The van der Waals surface area contributed by atoms with E-state index in [9.17, 15) is 24.3 Å². The summed E-state index contributed by atoms with van der Waals surface area (Å²) in [5.41, 5.74) is 6.74. The molecule has 0 bridgehead atoms. The molecule has 2 aliphatic rings. The smallest absolute Gasteiger partial charge is 0.407 e. The van der Waals surface area contributed by atoms with E-state index in [4.69, 9.17) is 4.74 Å². The molecular formula is C24H20N4O6S. The molecule has 3 amide bonds. The Labute approximate surface area is 203 Å². The van der Waals surface area contributed by atoms with Crippen molar-refractivity contribution in [2.45, 2.75) is 24.9 Å². The predicted molar refractivity (Wildman–Crippen MR) is 124 cm³/mol. The molecule has 3 N–H and O–H groups in total. The topological polar surface area (TPSA) is 138 Å². The van der Waals surface area contributed by atoms with Gasteiger partial charge < -0.3 is 15.2 Å². The summed E-state index contributed by atoms with van der Waals surface area (Å²) in [5.74, 6) is -2.56. The number of rotatable bonds is 6. The van der Waals surface area contributed by atoms with Crippen LogP contribution in [-0.2, 0) is 20.9 Å². The van der Waals surface area contributed by atoms with Gasteiger partial charge in [0.25, 0.3) is 5.91 Å². The summed E-state index contributed by atoms with van der Waals surface area (Å²) in [6.07, 6.45) is 0.356. The van der Waals surface area contributed by atoms with E-state index in [2.05, 4.69) is 27.9 Å². The molecule has 10 nitrogen and oxygen atoms in total. The monoisotopic (exact) mass is 492 g/mol. The first-order valence-corrected chi connectivity index (χ1v) is 11.6. The zero-order chi connectivity index (χ0) is 24.5. The van der Waals surface area contributed by atoms with Crippen molar-refractivity contribution >= 4 is 35.2 Å². The van der Waals surface area contributed by atoms with E-state index in [1.54, 1.807) is 0 Å². The minimum atomic E-state index is -1.28. The Bertz CT molecular complexity index is 1290. The number of nitrogens with one attached hydrogen (secondary N) is 2. The van der Waals surface area contributed by atoms with E-state index >= 15 is 0 Å². The van der Waals surface area contributed by atoms with Crippen molar-refractivity contribution in [1.29, 1.82) is 0 Å². The van der Waals surface area contributed by atoms with Crippen LogP contribution in [0.1, 0.15) is 38.1 Å². The Kier molecular flexibility index (Phi) is 5.91. The highest BCUT2D eigenvalue weighted by Crippen LogP contribution is 2.44. The lowest BCUT2D eigenvalue weighted by Gasteiger charge is -2.18. The molecule has 1 aliphatic heterocycles. The number of thiazole rings is 1. The average Bonchev–Trinajstić information content (AvgIpc) is 3.57. The molecule has 1 unspecified atom stereocenters. The van der Waals surface area contributed by atoms with Gasteiger partial charge >= 0.3 is 12.1 Å². The number of hydrogen-bond acceptors (Lipinski definition) is 7. The number of carboxylic acid groups (broad SMARTS) is 1. The second-order valence-electron chi connectivity index (χ2n) is 8.07. The van der Waals surface area contributed by atoms with Crippen molar-refractivity contribution in [2.75, 3.05) is 6.61 Å². The molecule has 2 heterocycles. The van der Waals surface area contributed by atoms with Crippen LogP contribution in [0.4, 0.5) is 4.79 Å². The Morgan fingerprint density at radius 2 is 1.77 bits per heavy atom. The number of carbonyl (C=O) groups is 4. The van der Waals surface area contributed by atoms with Crippen molar-refractivity contribution in [3.63, 3.8) is 0 Å². The Balaban J connectivity index is 1.18. The first-order chi connectivity index (χ1) is 16.9. The van der Waals surface area contributed by atoms with E-state index in [1.807, 2.05) is 36.4 Å². The van der Waals surface area contributed by atoms with Gasteiger partial charge in [0.05, 0.1) is 19.2 Å². The minimum absolute atomic E-state index is 0.0311. The molecule has 0 radical (unpaired) electrons. The van der Waals surface area contributed by atoms with Gasteiger partial charge in [-0.1, -0.05) is 48.5 Å². The Morgan fingerprint density at radius 3 is 2.43 bits per heavy atom. The zero-order valence-electron chi connectivity index (χ0n) is 18.3. The molecular weight excluding hydrogens is 472 g/mol. The summed E-state index contributed by atoms with van der Waals surface area (Å²) >= 11 is 0.993. The van der Waals surface area contributed by atoms with E-state index < -0.39 is 29.9 Å². The number of aliphatic carboxylic acids is 1. The lowest BCUT2D eigenvalue weighted by Crippen LogP contribution is -2.46. The fourth-order valence-corrected chi connectivity index (χ4v) is 5.12. The molecule has 35 heavy (non-hydrogen) atoms. The van der Waals surface area contributed by atoms with Crippen LogP contribution in [0.2, 0.25) is 0 Å². The number of nitrogens with zero attached hydrogens (tertiary/aromatic N) is 2. The lowest BCUT2D eigenvalue weighted by atomic mass is 9.98. The number of amides is 3. The molecule has 11 heteroatoms. The number of carboxylic acids is 1. The third-order valence-corrected chi connectivity index (χ3v) is 6.92. The minimum Gasteiger partial charge on any atom is -0.480 e. The summed E-state index contributed by atoms with van der Waals surface area (Å²) < 4.78 is 5.49. The van der Waals surface area contributed by atoms with Gasteiger partial charge in [0.1, 0.15) is 16.5 Å². The van der Waals surface area contributed by atoms with Gasteiger partial charge in [-0.25, -0.2) is 19.6 Å². The third-order valence-electron chi connectivity index (χ3n) is 5.93. The van der Waals surface area contributed by atoms with Gasteiger partial charge in [-0.05, 0) is 22.3 Å². The number of alkyl carbamates (subject to hydrolysis) is 1. The van der Waals surface area contributed by atoms with Gasteiger partial charge in [-0.3, -0.25) is 15.0 Å². The molecule has 5 rings (SSSR count). The van der Waals surface area contributed by atoms with Crippen molar-refractivity contribution in [2.24, 2.45) is 0 Å². The summed E-state index contributed by atoms with van der Waals surface area (Å²) in [6, 6.07) is 14.8. The molecule has 1 atom stereocenters. The average molecular weight is 493 g/mol. The molecule has 2 aromatic carbocycles. The summed E-state index contributed by atoms with van der Waals surface area (Å²) in [6.45, 7) is 0.204. The molecule has 178 valence electrons. The van der Waals surface area contributed by atoms with Gasteiger partial charge in [-0.2, -0.15) is 0 Å². The number of hydrazine groups is 1. The van der Waals surface area contributed by atoms with Crippen LogP contribution < -0.4 is 10.7 Å². The molecule has 1 fully saturated rings. The molecule has 1 aromatic heterocycles. The van der Waals surface area contributed by atoms with E-state index in [0.29, 0.717) is 5.01 Å². The maximum atomic E-state index is 12.6. The predicted octanol–water partition coefficient (Wildman–Crippen LogP) is 2.51. The Hall–Kier alpha value is -4.25. The maximum Gasteiger partial charge on any atom is 0.407 e. The Morgan fingerprint density at radius 1 is 1.11 bits per heavy atom. The normalized spacial score (nSPS) is 16.4. The molecule has 1 saturated heterocycles. The molecule has 0 spiro atoms. The molecule has 1 aliphatic carbocycles. The van der Waals surface area contributed by atoms with E-state index in [-0.39, 0.29) is 30.4 Å². The second kappa shape index (κ2) is 9.18. The number of hydrogen-bond donors (Lipinski definition) is 3. The SMILES string of the molecule is O=C1CC(C(=O)O)N(C(=O)c2cnc(CNC(=O)OCC3c4ccccc4-c4ccccc43)s2)N1. The van der Waals surface area contributed by atoms with Crippen LogP contribution in [-0.4, -0.2) is 51.6 Å². The van der Waals surface area contributed by atoms with Gasteiger partial charge in [-0.15, -0.1) is 11.3 Å². The first-order valence-electron chi connectivity index (χ1n) is 10.8. The second-order valence-corrected chi connectivity index (χ2v) is 9.18. The summed E-state index contributed by atoms with van der Waals surface area (Å²) in [5, 5.41) is 13.1. The first kappa shape index (κ1) is 22.5. The fourth-order valence-electron chi connectivity index (χ4n) is 4.32. The van der Waals surface area contributed by atoms with Crippen LogP contribution in [0.15, 0.2) is 54.7 Å². The van der Waals surface area contributed by atoms with Crippen molar-refractivity contribution in [1.82, 2.24) is 20.7 Å². The van der Waals surface area contributed by atoms with E-state index in [1.165, 1.54) is 6.20 Å². The molecule has 0 saturated carbocycles. The zero-order valence-corrected chi connectivity index (χ0v) is 19.1. The van der Waals surface area contributed by atoms with Crippen molar-refractivity contribution < 1.29 is 29.0 Å². The van der Waals surface area contributed by atoms with Crippen LogP contribution >= 0.6 is 11.3 Å².